The minimum atomic E-state index is 0.418. The SMILES string of the molecule is NCC1CCCc2cc3cccc(Cl)c3n21. The molecule has 1 aromatic heterocycles. The molecule has 0 fully saturated rings. The van der Waals surface area contributed by atoms with Crippen molar-refractivity contribution in [2.75, 3.05) is 6.54 Å². The molecule has 3 rings (SSSR count). The maximum Gasteiger partial charge on any atom is 0.0674 e. The summed E-state index contributed by atoms with van der Waals surface area (Å²) in [6.45, 7) is 0.696. The van der Waals surface area contributed by atoms with Gasteiger partial charge in [0.15, 0.2) is 0 Å². The molecule has 1 aromatic carbocycles. The lowest BCUT2D eigenvalue weighted by Crippen LogP contribution is -2.24. The number of rotatable bonds is 1. The first kappa shape index (κ1) is 10.2. The fourth-order valence-corrected chi connectivity index (χ4v) is 3.05. The van der Waals surface area contributed by atoms with E-state index in [1.807, 2.05) is 12.1 Å². The van der Waals surface area contributed by atoms with Gasteiger partial charge in [-0.05, 0) is 31.4 Å². The minimum absolute atomic E-state index is 0.418. The molecule has 3 heteroatoms. The van der Waals surface area contributed by atoms with Gasteiger partial charge in [0, 0.05) is 23.7 Å². The van der Waals surface area contributed by atoms with Crippen molar-refractivity contribution in [1.82, 2.24) is 4.57 Å². The summed E-state index contributed by atoms with van der Waals surface area (Å²) in [5.41, 5.74) is 8.40. The molecule has 84 valence electrons. The van der Waals surface area contributed by atoms with Gasteiger partial charge in [0.2, 0.25) is 0 Å². The van der Waals surface area contributed by atoms with Crippen molar-refractivity contribution in [3.63, 3.8) is 0 Å². The lowest BCUT2D eigenvalue weighted by atomic mass is 10.0. The first-order valence-corrected chi connectivity index (χ1v) is 6.17. The summed E-state index contributed by atoms with van der Waals surface area (Å²) >= 11 is 6.30. The number of aryl methyl sites for hydroxylation is 1. The van der Waals surface area contributed by atoms with Crippen molar-refractivity contribution < 1.29 is 0 Å². The van der Waals surface area contributed by atoms with Gasteiger partial charge in [-0.2, -0.15) is 0 Å². The summed E-state index contributed by atoms with van der Waals surface area (Å²) in [6.07, 6.45) is 3.54. The number of halogens is 1. The van der Waals surface area contributed by atoms with Crippen LogP contribution in [0.3, 0.4) is 0 Å². The highest BCUT2D eigenvalue weighted by molar-refractivity contribution is 6.35. The predicted octanol–water partition coefficient (Wildman–Crippen LogP) is 3.13. The lowest BCUT2D eigenvalue weighted by molar-refractivity contribution is 0.421. The van der Waals surface area contributed by atoms with E-state index in [2.05, 4.69) is 16.7 Å². The van der Waals surface area contributed by atoms with E-state index < -0.39 is 0 Å². The summed E-state index contributed by atoms with van der Waals surface area (Å²) in [4.78, 5) is 0. The summed E-state index contributed by atoms with van der Waals surface area (Å²) in [5, 5.41) is 2.08. The smallest absolute Gasteiger partial charge is 0.0674 e. The Morgan fingerprint density at radius 1 is 1.44 bits per heavy atom. The fourth-order valence-electron chi connectivity index (χ4n) is 2.78. The van der Waals surface area contributed by atoms with E-state index in [0.717, 1.165) is 17.0 Å². The maximum atomic E-state index is 6.30. The van der Waals surface area contributed by atoms with Crippen LogP contribution in [-0.4, -0.2) is 11.1 Å². The molecule has 0 amide bonds. The Balaban J connectivity index is 2.32. The maximum absolute atomic E-state index is 6.30. The Kier molecular flexibility index (Phi) is 2.41. The highest BCUT2D eigenvalue weighted by Crippen LogP contribution is 2.34. The van der Waals surface area contributed by atoms with Gasteiger partial charge in [0.05, 0.1) is 10.5 Å². The monoisotopic (exact) mass is 234 g/mol. The molecule has 0 bridgehead atoms. The Morgan fingerprint density at radius 2 is 2.31 bits per heavy atom. The molecule has 0 radical (unpaired) electrons. The fraction of sp³-hybridized carbons (Fsp3) is 0.385. The van der Waals surface area contributed by atoms with Gasteiger partial charge in [-0.15, -0.1) is 0 Å². The molecule has 2 aromatic rings. The quantitative estimate of drug-likeness (QED) is 0.808. The van der Waals surface area contributed by atoms with Crippen LogP contribution >= 0.6 is 11.6 Å². The van der Waals surface area contributed by atoms with Gasteiger partial charge < -0.3 is 10.3 Å². The van der Waals surface area contributed by atoms with Gasteiger partial charge in [-0.25, -0.2) is 0 Å². The summed E-state index contributed by atoms with van der Waals surface area (Å²) < 4.78 is 2.35. The third kappa shape index (κ3) is 1.37. The number of hydrogen-bond donors (Lipinski definition) is 1. The Hall–Kier alpha value is -0.990. The average molecular weight is 235 g/mol. The van der Waals surface area contributed by atoms with E-state index in [1.54, 1.807) is 0 Å². The summed E-state index contributed by atoms with van der Waals surface area (Å²) in [6, 6.07) is 8.76. The van der Waals surface area contributed by atoms with E-state index >= 15 is 0 Å². The lowest BCUT2D eigenvalue weighted by Gasteiger charge is -2.26. The molecule has 0 saturated heterocycles. The third-order valence-corrected chi connectivity index (χ3v) is 3.80. The number of para-hydroxylation sites is 1. The first-order valence-electron chi connectivity index (χ1n) is 5.79. The molecule has 2 heterocycles. The van der Waals surface area contributed by atoms with E-state index in [4.69, 9.17) is 17.3 Å². The minimum Gasteiger partial charge on any atom is -0.339 e. The zero-order chi connectivity index (χ0) is 11.1. The van der Waals surface area contributed by atoms with Gasteiger partial charge in [-0.3, -0.25) is 0 Å². The second-order valence-electron chi connectivity index (χ2n) is 4.47. The Bertz CT molecular complexity index is 530. The van der Waals surface area contributed by atoms with Gasteiger partial charge >= 0.3 is 0 Å². The Labute approximate surface area is 100.0 Å². The molecular weight excluding hydrogens is 220 g/mol. The molecule has 0 spiro atoms. The predicted molar refractivity (Wildman–Crippen MR) is 68.0 cm³/mol. The van der Waals surface area contributed by atoms with E-state index in [9.17, 15) is 0 Å². The molecule has 2 N–H and O–H groups in total. The number of nitrogens with zero attached hydrogens (tertiary/aromatic N) is 1. The average Bonchev–Trinajstić information content (AvgIpc) is 2.68. The molecular formula is C13H15ClN2. The highest BCUT2D eigenvalue weighted by Gasteiger charge is 2.21. The number of benzene rings is 1. The first-order chi connectivity index (χ1) is 7.81. The van der Waals surface area contributed by atoms with Crippen LogP contribution in [0, 0.1) is 0 Å². The Morgan fingerprint density at radius 3 is 3.12 bits per heavy atom. The van der Waals surface area contributed by atoms with Crippen LogP contribution in [-0.2, 0) is 6.42 Å². The number of fused-ring (bicyclic) bond motifs is 3. The van der Waals surface area contributed by atoms with Gasteiger partial charge in [0.25, 0.3) is 0 Å². The molecule has 0 saturated carbocycles. The number of nitrogens with two attached hydrogens (primary N) is 1. The number of aromatic nitrogens is 1. The van der Waals surface area contributed by atoms with Crippen molar-refractivity contribution in [3.05, 3.63) is 35.0 Å². The molecule has 1 unspecified atom stereocenters. The second-order valence-corrected chi connectivity index (χ2v) is 4.87. The van der Waals surface area contributed by atoms with Crippen LogP contribution in [0.15, 0.2) is 24.3 Å². The van der Waals surface area contributed by atoms with Gasteiger partial charge in [0.1, 0.15) is 0 Å². The van der Waals surface area contributed by atoms with Crippen LogP contribution in [0.2, 0.25) is 5.02 Å². The normalized spacial score (nSPS) is 20.0. The van der Waals surface area contributed by atoms with Crippen molar-refractivity contribution in [2.45, 2.75) is 25.3 Å². The standard InChI is InChI=1S/C13H15ClN2/c14-12-6-1-3-9-7-10-4-2-5-11(8-15)16(10)13(9)12/h1,3,6-7,11H,2,4-5,8,15H2. The molecule has 1 aliphatic rings. The van der Waals surface area contributed by atoms with Crippen LogP contribution in [0.4, 0.5) is 0 Å². The van der Waals surface area contributed by atoms with Crippen molar-refractivity contribution >= 4 is 22.5 Å². The van der Waals surface area contributed by atoms with E-state index in [1.165, 1.54) is 23.9 Å². The van der Waals surface area contributed by atoms with E-state index in [0.29, 0.717) is 12.6 Å². The molecule has 1 atom stereocenters. The topological polar surface area (TPSA) is 30.9 Å². The third-order valence-electron chi connectivity index (χ3n) is 3.50. The molecule has 1 aliphatic heterocycles. The van der Waals surface area contributed by atoms with Gasteiger partial charge in [-0.1, -0.05) is 23.7 Å². The van der Waals surface area contributed by atoms with Crippen LogP contribution in [0.5, 0.6) is 0 Å². The van der Waals surface area contributed by atoms with Crippen molar-refractivity contribution in [2.24, 2.45) is 5.73 Å². The van der Waals surface area contributed by atoms with Crippen LogP contribution < -0.4 is 5.73 Å². The second kappa shape index (κ2) is 3.79. The largest absolute Gasteiger partial charge is 0.339 e. The summed E-state index contributed by atoms with van der Waals surface area (Å²) in [7, 11) is 0. The van der Waals surface area contributed by atoms with Crippen molar-refractivity contribution in [3.8, 4) is 0 Å². The van der Waals surface area contributed by atoms with Crippen molar-refractivity contribution in [1.29, 1.82) is 0 Å². The summed E-state index contributed by atoms with van der Waals surface area (Å²) in [5.74, 6) is 0. The highest BCUT2D eigenvalue weighted by atomic mass is 35.5. The zero-order valence-corrected chi connectivity index (χ0v) is 9.87. The molecule has 16 heavy (non-hydrogen) atoms. The number of hydrogen-bond acceptors (Lipinski definition) is 1. The van der Waals surface area contributed by atoms with E-state index in [-0.39, 0.29) is 0 Å². The van der Waals surface area contributed by atoms with Crippen LogP contribution in [0.25, 0.3) is 10.9 Å². The molecule has 2 nitrogen and oxygen atoms in total. The van der Waals surface area contributed by atoms with Crippen LogP contribution in [0.1, 0.15) is 24.6 Å². The zero-order valence-electron chi connectivity index (χ0n) is 9.12. The molecule has 0 aliphatic carbocycles.